The van der Waals surface area contributed by atoms with Gasteiger partial charge in [0.25, 0.3) is 0 Å². The molecule has 0 aliphatic rings. The summed E-state index contributed by atoms with van der Waals surface area (Å²) in [6.45, 7) is 1.87. The molecule has 92 valence electrons. The molecule has 0 aliphatic heterocycles. The van der Waals surface area contributed by atoms with E-state index in [0.717, 1.165) is 28.2 Å². The van der Waals surface area contributed by atoms with Crippen molar-refractivity contribution in [3.63, 3.8) is 0 Å². The van der Waals surface area contributed by atoms with E-state index in [1.54, 1.807) is 10.7 Å². The summed E-state index contributed by atoms with van der Waals surface area (Å²) in [6, 6.07) is 5.90. The third-order valence-electron chi connectivity index (χ3n) is 3.06. The smallest absolute Gasteiger partial charge is 0.153 e. The molecular formula is C13H10N6. The molecular weight excluding hydrogens is 240 g/mol. The minimum Gasteiger partial charge on any atom is -0.238 e. The Morgan fingerprint density at radius 2 is 1.89 bits per heavy atom. The predicted molar refractivity (Wildman–Crippen MR) is 69.7 cm³/mol. The minimum absolute atomic E-state index is 0.743. The van der Waals surface area contributed by atoms with Gasteiger partial charge < -0.3 is 0 Å². The van der Waals surface area contributed by atoms with Gasteiger partial charge in [0.15, 0.2) is 5.65 Å². The van der Waals surface area contributed by atoms with Gasteiger partial charge in [0.05, 0.1) is 17.4 Å². The van der Waals surface area contributed by atoms with E-state index in [2.05, 4.69) is 20.2 Å². The Hall–Kier alpha value is -2.76. The lowest BCUT2D eigenvalue weighted by molar-refractivity contribution is 0.856. The van der Waals surface area contributed by atoms with Crippen LogP contribution in [0.5, 0.6) is 0 Å². The quantitative estimate of drug-likeness (QED) is 0.516. The van der Waals surface area contributed by atoms with Crippen LogP contribution in [0.4, 0.5) is 0 Å². The zero-order chi connectivity index (χ0) is 12.8. The molecule has 0 atom stereocenters. The molecule has 6 heteroatoms. The van der Waals surface area contributed by atoms with Crippen molar-refractivity contribution in [3.05, 3.63) is 48.8 Å². The monoisotopic (exact) mass is 250 g/mol. The molecule has 0 radical (unpaired) electrons. The van der Waals surface area contributed by atoms with Gasteiger partial charge in [-0.05, 0) is 25.1 Å². The summed E-state index contributed by atoms with van der Waals surface area (Å²) in [6.07, 6.45) is 7.30. The van der Waals surface area contributed by atoms with Crippen LogP contribution in [0.25, 0.3) is 22.4 Å². The topological polar surface area (TPSA) is 60.4 Å². The fraction of sp³-hybridized carbons (Fsp3) is 0.0769. The van der Waals surface area contributed by atoms with Crippen LogP contribution in [0.3, 0.4) is 0 Å². The van der Waals surface area contributed by atoms with E-state index in [1.165, 1.54) is 0 Å². The first-order chi connectivity index (χ1) is 9.31. The Kier molecular flexibility index (Phi) is 1.94. The van der Waals surface area contributed by atoms with E-state index < -0.39 is 0 Å². The first-order valence-corrected chi connectivity index (χ1v) is 5.93. The predicted octanol–water partition coefficient (Wildman–Crippen LogP) is 1.75. The average Bonchev–Trinajstić information content (AvgIpc) is 3.02. The summed E-state index contributed by atoms with van der Waals surface area (Å²) < 4.78 is 3.57. The maximum absolute atomic E-state index is 4.54. The van der Waals surface area contributed by atoms with Gasteiger partial charge >= 0.3 is 0 Å². The Morgan fingerprint density at radius 3 is 2.84 bits per heavy atom. The summed E-state index contributed by atoms with van der Waals surface area (Å²) in [5.74, 6) is 0.743. The molecule has 4 aromatic rings. The Balaban J connectivity index is 1.97. The van der Waals surface area contributed by atoms with Crippen molar-refractivity contribution >= 4 is 11.2 Å². The molecule has 0 saturated carbocycles. The summed E-state index contributed by atoms with van der Waals surface area (Å²) in [7, 11) is 0. The molecule has 19 heavy (non-hydrogen) atoms. The van der Waals surface area contributed by atoms with E-state index in [4.69, 9.17) is 0 Å². The van der Waals surface area contributed by atoms with Crippen molar-refractivity contribution in [3.8, 4) is 11.3 Å². The van der Waals surface area contributed by atoms with Gasteiger partial charge in [-0.15, -0.1) is 0 Å². The number of nitrogens with zero attached hydrogens (tertiary/aromatic N) is 6. The largest absolute Gasteiger partial charge is 0.238 e. The van der Waals surface area contributed by atoms with Crippen molar-refractivity contribution in [2.45, 2.75) is 6.92 Å². The molecule has 4 aromatic heterocycles. The molecule has 0 unspecified atom stereocenters. The van der Waals surface area contributed by atoms with Gasteiger partial charge in [-0.25, -0.2) is 19.0 Å². The number of hydrogen-bond acceptors (Lipinski definition) is 4. The van der Waals surface area contributed by atoms with Crippen LogP contribution in [0.15, 0.2) is 43.0 Å². The summed E-state index contributed by atoms with van der Waals surface area (Å²) in [5.41, 5.74) is 3.66. The average molecular weight is 250 g/mol. The molecule has 0 aromatic carbocycles. The highest BCUT2D eigenvalue weighted by Gasteiger charge is 2.09. The third kappa shape index (κ3) is 1.50. The summed E-state index contributed by atoms with van der Waals surface area (Å²) in [5, 5.41) is 8.87. The van der Waals surface area contributed by atoms with Gasteiger partial charge in [-0.3, -0.25) is 0 Å². The molecule has 0 saturated heterocycles. The Labute approximate surface area is 108 Å². The van der Waals surface area contributed by atoms with Crippen molar-refractivity contribution in [2.24, 2.45) is 0 Å². The second kappa shape index (κ2) is 3.61. The van der Waals surface area contributed by atoms with Crippen LogP contribution >= 0.6 is 0 Å². The summed E-state index contributed by atoms with van der Waals surface area (Å²) in [4.78, 5) is 8.42. The van der Waals surface area contributed by atoms with Gasteiger partial charge in [0.1, 0.15) is 5.82 Å². The molecule has 6 nitrogen and oxygen atoms in total. The van der Waals surface area contributed by atoms with Gasteiger partial charge in [-0.2, -0.15) is 10.2 Å². The van der Waals surface area contributed by atoms with Crippen molar-refractivity contribution in [1.82, 2.24) is 29.2 Å². The lowest BCUT2D eigenvalue weighted by atomic mass is 10.2. The lowest BCUT2D eigenvalue weighted by Crippen LogP contribution is -1.97. The number of fused-ring (bicyclic) bond motifs is 2. The van der Waals surface area contributed by atoms with Gasteiger partial charge in [0.2, 0.25) is 0 Å². The second-order valence-corrected chi connectivity index (χ2v) is 4.31. The molecule has 4 heterocycles. The number of hydrogen-bond donors (Lipinski definition) is 0. The Morgan fingerprint density at radius 1 is 0.947 bits per heavy atom. The number of aromatic nitrogens is 6. The van der Waals surface area contributed by atoms with E-state index in [-0.39, 0.29) is 0 Å². The van der Waals surface area contributed by atoms with Crippen LogP contribution < -0.4 is 0 Å². The van der Waals surface area contributed by atoms with Crippen LogP contribution in [-0.4, -0.2) is 29.2 Å². The number of aryl methyl sites for hydroxylation is 1. The van der Waals surface area contributed by atoms with Crippen molar-refractivity contribution in [2.75, 3.05) is 0 Å². The van der Waals surface area contributed by atoms with Gasteiger partial charge in [-0.1, -0.05) is 0 Å². The van der Waals surface area contributed by atoms with Gasteiger partial charge in [0, 0.05) is 24.2 Å². The standard InChI is InChI=1S/C13H10N6/c1-9-15-8-12-10(4-6-18(12)16-9)11-2-3-13-14-5-7-19(13)17-11/h2-8H,1H3. The number of imidazole rings is 1. The minimum atomic E-state index is 0.743. The van der Waals surface area contributed by atoms with Crippen molar-refractivity contribution < 1.29 is 0 Å². The van der Waals surface area contributed by atoms with Crippen LogP contribution in [0, 0.1) is 6.92 Å². The molecule has 0 aliphatic carbocycles. The maximum atomic E-state index is 4.54. The maximum Gasteiger partial charge on any atom is 0.153 e. The SMILES string of the molecule is Cc1ncc2c(-c3ccc4nccn4n3)ccn2n1. The molecule has 4 rings (SSSR count). The molecule has 0 fully saturated rings. The normalized spacial score (nSPS) is 11.4. The molecule has 0 N–H and O–H groups in total. The zero-order valence-electron chi connectivity index (χ0n) is 10.2. The fourth-order valence-corrected chi connectivity index (χ4v) is 2.16. The van der Waals surface area contributed by atoms with Crippen molar-refractivity contribution in [1.29, 1.82) is 0 Å². The highest BCUT2D eigenvalue weighted by atomic mass is 15.3. The highest BCUT2D eigenvalue weighted by Crippen LogP contribution is 2.22. The van der Waals surface area contributed by atoms with E-state index >= 15 is 0 Å². The molecule has 0 amide bonds. The Bertz CT molecular complexity index is 888. The van der Waals surface area contributed by atoms with Crippen LogP contribution in [-0.2, 0) is 0 Å². The first-order valence-electron chi connectivity index (χ1n) is 5.93. The second-order valence-electron chi connectivity index (χ2n) is 4.31. The summed E-state index contributed by atoms with van der Waals surface area (Å²) >= 11 is 0. The zero-order valence-corrected chi connectivity index (χ0v) is 10.2. The number of rotatable bonds is 1. The molecule has 0 bridgehead atoms. The van der Waals surface area contributed by atoms with E-state index in [0.29, 0.717) is 0 Å². The lowest BCUT2D eigenvalue weighted by Gasteiger charge is -2.01. The van der Waals surface area contributed by atoms with E-state index in [1.807, 2.05) is 48.2 Å². The first kappa shape index (κ1) is 10.2. The van der Waals surface area contributed by atoms with E-state index in [9.17, 15) is 0 Å². The highest BCUT2D eigenvalue weighted by molar-refractivity contribution is 5.78. The third-order valence-corrected chi connectivity index (χ3v) is 3.06. The fourth-order valence-electron chi connectivity index (χ4n) is 2.16. The van der Waals surface area contributed by atoms with Crippen LogP contribution in [0.1, 0.15) is 5.82 Å². The molecule has 0 spiro atoms. The van der Waals surface area contributed by atoms with Crippen LogP contribution in [0.2, 0.25) is 0 Å².